The molecule has 1 aliphatic heterocycles. The lowest BCUT2D eigenvalue weighted by Gasteiger charge is -2.35. The molecule has 0 saturated carbocycles. The van der Waals surface area contributed by atoms with Gasteiger partial charge in [-0.05, 0) is 54.8 Å². The minimum absolute atomic E-state index is 0.613. The zero-order chi connectivity index (χ0) is 18.9. The van der Waals surface area contributed by atoms with Crippen LogP contribution in [0.3, 0.4) is 0 Å². The predicted octanol–water partition coefficient (Wildman–Crippen LogP) is 3.81. The number of anilines is 1. The van der Waals surface area contributed by atoms with Gasteiger partial charge in [-0.2, -0.15) is 0 Å². The highest BCUT2D eigenvalue weighted by Crippen LogP contribution is 2.29. The highest BCUT2D eigenvalue weighted by Gasteiger charge is 2.23. The first-order chi connectivity index (χ1) is 13.8. The van der Waals surface area contributed by atoms with Gasteiger partial charge < -0.3 is 15.2 Å². The highest BCUT2D eigenvalue weighted by atomic mass is 32.1. The minimum atomic E-state index is 0.613. The normalized spacial score (nSPS) is 20.6. The number of piperazine rings is 1. The molecule has 3 heterocycles. The summed E-state index contributed by atoms with van der Waals surface area (Å²) in [5.74, 6) is 0. The Labute approximate surface area is 171 Å². The van der Waals surface area contributed by atoms with E-state index in [-0.39, 0.29) is 0 Å². The molecule has 1 aliphatic carbocycles. The quantitative estimate of drug-likeness (QED) is 0.691. The van der Waals surface area contributed by atoms with E-state index in [1.165, 1.54) is 53.1 Å². The number of H-pyrrole nitrogens is 1. The number of para-hydroxylation sites is 1. The fourth-order valence-corrected chi connectivity index (χ4v) is 5.70. The molecule has 1 aromatic carbocycles. The second-order valence-corrected chi connectivity index (χ2v) is 9.20. The van der Waals surface area contributed by atoms with Crippen molar-refractivity contribution in [3.05, 3.63) is 52.5 Å². The monoisotopic (exact) mass is 394 g/mol. The van der Waals surface area contributed by atoms with Crippen LogP contribution in [0.5, 0.6) is 0 Å². The summed E-state index contributed by atoms with van der Waals surface area (Å²) in [6.07, 6.45) is 3.57. The van der Waals surface area contributed by atoms with Crippen LogP contribution in [0.25, 0.3) is 10.9 Å². The van der Waals surface area contributed by atoms with Crippen LogP contribution in [0.2, 0.25) is 0 Å². The van der Waals surface area contributed by atoms with Crippen molar-refractivity contribution < 1.29 is 0 Å². The van der Waals surface area contributed by atoms with Crippen LogP contribution < -0.4 is 10.2 Å². The first kappa shape index (κ1) is 18.2. The molecule has 1 fully saturated rings. The molecule has 2 aliphatic rings. The van der Waals surface area contributed by atoms with Crippen molar-refractivity contribution in [1.29, 1.82) is 0 Å². The molecule has 5 heteroatoms. The van der Waals surface area contributed by atoms with E-state index in [4.69, 9.17) is 0 Å². The van der Waals surface area contributed by atoms with Crippen molar-refractivity contribution in [1.82, 2.24) is 15.2 Å². The van der Waals surface area contributed by atoms with Gasteiger partial charge >= 0.3 is 0 Å². The molecule has 1 saturated heterocycles. The van der Waals surface area contributed by atoms with Crippen LogP contribution in [-0.2, 0) is 12.8 Å². The van der Waals surface area contributed by atoms with Gasteiger partial charge in [-0.25, -0.2) is 0 Å². The standard InChI is InChI=1S/C23H30N4S/c1-17-14-23(28-16-17)27-12-10-26(11-13-27)9-8-24-18-6-7-22-20(15-18)19-4-2-3-5-21(19)25-22/h2-5,14,16,18,24-25H,6-13,15H2,1H3. The van der Waals surface area contributed by atoms with E-state index in [1.807, 2.05) is 11.3 Å². The lowest BCUT2D eigenvalue weighted by Crippen LogP contribution is -2.49. The number of hydrogen-bond donors (Lipinski definition) is 2. The van der Waals surface area contributed by atoms with Crippen molar-refractivity contribution in [2.75, 3.05) is 44.2 Å². The number of aromatic amines is 1. The Hall–Kier alpha value is -1.82. The predicted molar refractivity (Wildman–Crippen MR) is 120 cm³/mol. The van der Waals surface area contributed by atoms with Gasteiger partial charge in [-0.1, -0.05) is 18.2 Å². The van der Waals surface area contributed by atoms with Crippen LogP contribution in [0, 0.1) is 6.92 Å². The van der Waals surface area contributed by atoms with Crippen LogP contribution in [-0.4, -0.2) is 55.2 Å². The van der Waals surface area contributed by atoms with Crippen molar-refractivity contribution in [3.8, 4) is 0 Å². The van der Waals surface area contributed by atoms with Crippen molar-refractivity contribution in [3.63, 3.8) is 0 Å². The highest BCUT2D eigenvalue weighted by molar-refractivity contribution is 7.14. The number of benzene rings is 1. The average molecular weight is 395 g/mol. The summed E-state index contributed by atoms with van der Waals surface area (Å²) in [4.78, 5) is 8.78. The molecule has 5 rings (SSSR count). The molecule has 0 bridgehead atoms. The summed E-state index contributed by atoms with van der Waals surface area (Å²) in [5, 5.41) is 8.96. The Kier molecular flexibility index (Phi) is 5.14. The Balaban J connectivity index is 1.09. The molecule has 3 aromatic rings. The van der Waals surface area contributed by atoms with Gasteiger partial charge in [-0.3, -0.25) is 4.90 Å². The molecule has 0 amide bonds. The van der Waals surface area contributed by atoms with Gasteiger partial charge in [0, 0.05) is 61.9 Å². The molecule has 1 unspecified atom stereocenters. The summed E-state index contributed by atoms with van der Waals surface area (Å²) in [7, 11) is 0. The molecular formula is C23H30N4S. The van der Waals surface area contributed by atoms with Crippen LogP contribution in [0.4, 0.5) is 5.00 Å². The maximum atomic E-state index is 3.84. The largest absolute Gasteiger partial charge is 0.361 e. The van der Waals surface area contributed by atoms with E-state index in [0.29, 0.717) is 6.04 Å². The summed E-state index contributed by atoms with van der Waals surface area (Å²) < 4.78 is 0. The van der Waals surface area contributed by atoms with Crippen molar-refractivity contribution in [2.45, 2.75) is 32.2 Å². The molecule has 4 nitrogen and oxygen atoms in total. The maximum Gasteiger partial charge on any atom is 0.0912 e. The van der Waals surface area contributed by atoms with Gasteiger partial charge in [0.2, 0.25) is 0 Å². The molecule has 28 heavy (non-hydrogen) atoms. The molecule has 148 valence electrons. The average Bonchev–Trinajstić information content (AvgIpc) is 3.32. The molecular weight excluding hydrogens is 364 g/mol. The number of thiophene rings is 1. The molecule has 0 spiro atoms. The number of nitrogens with one attached hydrogen (secondary N) is 2. The van der Waals surface area contributed by atoms with E-state index < -0.39 is 0 Å². The van der Waals surface area contributed by atoms with Crippen molar-refractivity contribution >= 4 is 27.2 Å². The zero-order valence-electron chi connectivity index (χ0n) is 16.7. The number of aromatic nitrogens is 1. The van der Waals surface area contributed by atoms with Crippen LogP contribution in [0.1, 0.15) is 23.2 Å². The van der Waals surface area contributed by atoms with Gasteiger partial charge in [0.05, 0.1) is 5.00 Å². The molecule has 2 N–H and O–H groups in total. The third kappa shape index (κ3) is 3.71. The summed E-state index contributed by atoms with van der Waals surface area (Å²) in [6, 6.07) is 11.7. The van der Waals surface area contributed by atoms with E-state index >= 15 is 0 Å². The molecule has 1 atom stereocenters. The van der Waals surface area contributed by atoms with Crippen LogP contribution >= 0.6 is 11.3 Å². The third-order valence-electron chi connectivity index (χ3n) is 6.36. The van der Waals surface area contributed by atoms with E-state index in [2.05, 4.69) is 62.7 Å². The van der Waals surface area contributed by atoms with Gasteiger partial charge in [0.15, 0.2) is 0 Å². The smallest absolute Gasteiger partial charge is 0.0912 e. The van der Waals surface area contributed by atoms with Gasteiger partial charge in [0.25, 0.3) is 0 Å². The Morgan fingerprint density at radius 1 is 1.18 bits per heavy atom. The zero-order valence-corrected chi connectivity index (χ0v) is 17.5. The minimum Gasteiger partial charge on any atom is -0.361 e. The summed E-state index contributed by atoms with van der Waals surface area (Å²) in [6.45, 7) is 9.11. The van der Waals surface area contributed by atoms with Gasteiger partial charge in [0.1, 0.15) is 0 Å². The Morgan fingerprint density at radius 2 is 2.04 bits per heavy atom. The SMILES string of the molecule is Cc1csc(N2CCN(CCNC3CCc4[nH]c5ccccc5c4C3)CC2)c1. The number of nitrogens with zero attached hydrogens (tertiary/aromatic N) is 2. The number of fused-ring (bicyclic) bond motifs is 3. The summed E-state index contributed by atoms with van der Waals surface area (Å²) in [5.41, 5.74) is 5.68. The topological polar surface area (TPSA) is 34.3 Å². The Morgan fingerprint density at radius 3 is 2.86 bits per heavy atom. The second-order valence-electron chi connectivity index (χ2n) is 8.31. The lowest BCUT2D eigenvalue weighted by molar-refractivity contribution is 0.252. The van der Waals surface area contributed by atoms with Crippen molar-refractivity contribution in [2.24, 2.45) is 0 Å². The Bertz CT molecular complexity index is 935. The van der Waals surface area contributed by atoms with E-state index in [1.54, 1.807) is 5.56 Å². The van der Waals surface area contributed by atoms with Crippen LogP contribution in [0.15, 0.2) is 35.7 Å². The molecule has 2 aromatic heterocycles. The fraction of sp³-hybridized carbons (Fsp3) is 0.478. The van der Waals surface area contributed by atoms with E-state index in [9.17, 15) is 0 Å². The maximum absolute atomic E-state index is 3.84. The first-order valence-electron chi connectivity index (χ1n) is 10.6. The number of rotatable bonds is 5. The van der Waals surface area contributed by atoms with Gasteiger partial charge in [-0.15, -0.1) is 11.3 Å². The first-order valence-corrected chi connectivity index (χ1v) is 11.5. The fourth-order valence-electron chi connectivity index (χ4n) is 4.74. The molecule has 0 radical (unpaired) electrons. The third-order valence-corrected chi connectivity index (χ3v) is 7.46. The summed E-state index contributed by atoms with van der Waals surface area (Å²) >= 11 is 1.88. The number of hydrogen-bond acceptors (Lipinski definition) is 4. The lowest BCUT2D eigenvalue weighted by atomic mass is 9.91. The van der Waals surface area contributed by atoms with E-state index in [0.717, 1.165) is 32.6 Å². The second kappa shape index (κ2) is 7.90. The number of aryl methyl sites for hydroxylation is 2.